The molecule has 0 aromatic heterocycles. The van der Waals surface area contributed by atoms with Gasteiger partial charge in [0.2, 0.25) is 0 Å². The topological polar surface area (TPSA) is 38.7 Å². The summed E-state index contributed by atoms with van der Waals surface area (Å²) >= 11 is 0. The number of ether oxygens (including phenoxy) is 2. The minimum Gasteiger partial charge on any atom is -0.497 e. The summed E-state index contributed by atoms with van der Waals surface area (Å²) in [4.78, 5) is 0. The third kappa shape index (κ3) is 2.40. The van der Waals surface area contributed by atoms with Gasteiger partial charge in [-0.15, -0.1) is 0 Å². The van der Waals surface area contributed by atoms with Gasteiger partial charge in [-0.1, -0.05) is 0 Å². The molecule has 1 saturated heterocycles. The fraction of sp³-hybridized carbons (Fsp3) is 0.500. The number of hydrogen-bond donors (Lipinski definition) is 1. The molecule has 0 aliphatic carbocycles. The smallest absolute Gasteiger partial charge is 0.135 e. The molecule has 0 amide bonds. The van der Waals surface area contributed by atoms with E-state index >= 15 is 0 Å². The highest BCUT2D eigenvalue weighted by Gasteiger charge is 2.30. The summed E-state index contributed by atoms with van der Waals surface area (Å²) in [5, 5.41) is 9.94. The molecule has 2 unspecified atom stereocenters. The molecule has 3 nitrogen and oxygen atoms in total. The first-order valence-corrected chi connectivity index (χ1v) is 5.42. The molecule has 0 radical (unpaired) electrons. The molecular weight excluding hydrogens is 230 g/mol. The molecule has 1 aromatic carbocycles. The first kappa shape index (κ1) is 12.3. The molecule has 94 valence electrons. The van der Waals surface area contributed by atoms with Gasteiger partial charge in [0.05, 0.1) is 25.4 Å². The number of aliphatic hydroxyl groups excluding tert-OH is 1. The molecule has 1 N–H and O–H groups in total. The van der Waals surface area contributed by atoms with Gasteiger partial charge in [-0.05, 0) is 6.42 Å². The highest BCUT2D eigenvalue weighted by atomic mass is 19.1. The average Bonchev–Trinajstić information content (AvgIpc) is 2.81. The van der Waals surface area contributed by atoms with Gasteiger partial charge in [0.15, 0.2) is 0 Å². The van der Waals surface area contributed by atoms with E-state index in [1.165, 1.54) is 7.11 Å². The van der Waals surface area contributed by atoms with Crippen LogP contribution in [0.25, 0.3) is 0 Å². The van der Waals surface area contributed by atoms with Gasteiger partial charge >= 0.3 is 0 Å². The number of benzene rings is 1. The van der Waals surface area contributed by atoms with Crippen molar-refractivity contribution in [2.24, 2.45) is 5.92 Å². The van der Waals surface area contributed by atoms with Gasteiger partial charge in [-0.3, -0.25) is 0 Å². The molecule has 2 atom stereocenters. The molecule has 2 rings (SSSR count). The van der Waals surface area contributed by atoms with Crippen molar-refractivity contribution in [3.05, 3.63) is 29.3 Å². The van der Waals surface area contributed by atoms with E-state index < -0.39 is 17.7 Å². The molecular formula is C12H14F2O3. The van der Waals surface area contributed by atoms with Crippen LogP contribution >= 0.6 is 0 Å². The Balaban J connectivity index is 2.30. The lowest BCUT2D eigenvalue weighted by atomic mass is 9.94. The van der Waals surface area contributed by atoms with Crippen LogP contribution in [0.3, 0.4) is 0 Å². The lowest BCUT2D eigenvalue weighted by Gasteiger charge is -2.18. The summed E-state index contributed by atoms with van der Waals surface area (Å²) in [5.41, 5.74) is -0.304. The van der Waals surface area contributed by atoms with Crippen molar-refractivity contribution < 1.29 is 23.4 Å². The summed E-state index contributed by atoms with van der Waals surface area (Å²) in [7, 11) is 1.33. The van der Waals surface area contributed by atoms with Crippen LogP contribution in [0.5, 0.6) is 5.75 Å². The average molecular weight is 244 g/mol. The van der Waals surface area contributed by atoms with E-state index in [-0.39, 0.29) is 17.2 Å². The third-order valence-electron chi connectivity index (χ3n) is 3.00. The summed E-state index contributed by atoms with van der Waals surface area (Å²) in [6, 6.07) is 2.13. The van der Waals surface area contributed by atoms with Crippen LogP contribution in [0.2, 0.25) is 0 Å². The van der Waals surface area contributed by atoms with Crippen LogP contribution in [-0.4, -0.2) is 25.4 Å². The zero-order valence-electron chi connectivity index (χ0n) is 9.45. The standard InChI is InChI=1S/C12H14F2O3/c1-16-8-4-9(13)11(10(14)5-8)12(15)7-2-3-17-6-7/h4-5,7,12,15H,2-3,6H2,1H3. The quantitative estimate of drug-likeness (QED) is 0.884. The van der Waals surface area contributed by atoms with Crippen LogP contribution in [0.1, 0.15) is 18.1 Å². The molecule has 1 aromatic rings. The Morgan fingerprint density at radius 2 is 2.06 bits per heavy atom. The number of aliphatic hydroxyl groups is 1. The van der Waals surface area contributed by atoms with Crippen molar-refractivity contribution in [3.63, 3.8) is 0 Å². The second-order valence-corrected chi connectivity index (χ2v) is 4.07. The van der Waals surface area contributed by atoms with E-state index in [0.717, 1.165) is 12.1 Å². The van der Waals surface area contributed by atoms with Gasteiger partial charge in [-0.2, -0.15) is 0 Å². The van der Waals surface area contributed by atoms with E-state index in [4.69, 9.17) is 9.47 Å². The van der Waals surface area contributed by atoms with Gasteiger partial charge < -0.3 is 14.6 Å². The largest absolute Gasteiger partial charge is 0.497 e. The van der Waals surface area contributed by atoms with E-state index in [9.17, 15) is 13.9 Å². The predicted molar refractivity (Wildman–Crippen MR) is 56.8 cm³/mol. The van der Waals surface area contributed by atoms with Crippen molar-refractivity contribution >= 4 is 0 Å². The fourth-order valence-electron chi connectivity index (χ4n) is 2.00. The molecule has 1 fully saturated rings. The summed E-state index contributed by atoms with van der Waals surface area (Å²) in [5.74, 6) is -1.74. The summed E-state index contributed by atoms with van der Waals surface area (Å²) in [6.07, 6.45) is -0.574. The summed E-state index contributed by atoms with van der Waals surface area (Å²) < 4.78 is 37.2. The molecule has 0 saturated carbocycles. The van der Waals surface area contributed by atoms with Gasteiger partial charge in [-0.25, -0.2) is 8.78 Å². The minimum atomic E-state index is -1.18. The fourth-order valence-corrected chi connectivity index (χ4v) is 2.00. The minimum absolute atomic E-state index is 0.0959. The molecule has 0 bridgehead atoms. The van der Waals surface area contributed by atoms with E-state index in [0.29, 0.717) is 19.6 Å². The Morgan fingerprint density at radius 3 is 2.53 bits per heavy atom. The zero-order valence-corrected chi connectivity index (χ0v) is 9.45. The van der Waals surface area contributed by atoms with E-state index in [1.807, 2.05) is 0 Å². The van der Waals surface area contributed by atoms with Crippen molar-refractivity contribution in [1.82, 2.24) is 0 Å². The van der Waals surface area contributed by atoms with Crippen LogP contribution in [0.15, 0.2) is 12.1 Å². The van der Waals surface area contributed by atoms with Crippen molar-refractivity contribution in [2.45, 2.75) is 12.5 Å². The van der Waals surface area contributed by atoms with Gasteiger partial charge in [0.25, 0.3) is 0 Å². The SMILES string of the molecule is COc1cc(F)c(C(O)C2CCOC2)c(F)c1. The maximum Gasteiger partial charge on any atom is 0.135 e. The maximum atomic E-state index is 13.7. The Bertz CT molecular complexity index is 380. The van der Waals surface area contributed by atoms with Crippen LogP contribution < -0.4 is 4.74 Å². The molecule has 1 aliphatic rings. The highest BCUT2D eigenvalue weighted by molar-refractivity contribution is 5.32. The van der Waals surface area contributed by atoms with Crippen LogP contribution in [-0.2, 0) is 4.74 Å². The second-order valence-electron chi connectivity index (χ2n) is 4.07. The lowest BCUT2D eigenvalue weighted by Crippen LogP contribution is -2.15. The number of hydrogen-bond acceptors (Lipinski definition) is 3. The first-order valence-electron chi connectivity index (χ1n) is 5.42. The zero-order chi connectivity index (χ0) is 12.4. The molecule has 17 heavy (non-hydrogen) atoms. The van der Waals surface area contributed by atoms with Crippen molar-refractivity contribution in [1.29, 1.82) is 0 Å². The number of methoxy groups -OCH3 is 1. The number of rotatable bonds is 3. The monoisotopic (exact) mass is 244 g/mol. The van der Waals surface area contributed by atoms with Crippen LogP contribution in [0, 0.1) is 17.6 Å². The third-order valence-corrected chi connectivity index (χ3v) is 3.00. The van der Waals surface area contributed by atoms with Gasteiger partial charge in [0, 0.05) is 24.7 Å². The summed E-state index contributed by atoms with van der Waals surface area (Å²) in [6.45, 7) is 0.840. The molecule has 1 heterocycles. The molecule has 0 spiro atoms. The molecule has 1 aliphatic heterocycles. The van der Waals surface area contributed by atoms with Crippen molar-refractivity contribution in [2.75, 3.05) is 20.3 Å². The van der Waals surface area contributed by atoms with Crippen LogP contribution in [0.4, 0.5) is 8.78 Å². The maximum absolute atomic E-state index is 13.7. The predicted octanol–water partition coefficient (Wildman–Crippen LogP) is 2.04. The first-order chi connectivity index (χ1) is 8.13. The van der Waals surface area contributed by atoms with E-state index in [1.54, 1.807) is 0 Å². The molecule has 5 heteroatoms. The Labute approximate surface area is 98.0 Å². The normalized spacial score (nSPS) is 21.5. The van der Waals surface area contributed by atoms with E-state index in [2.05, 4.69) is 0 Å². The number of halogens is 2. The Kier molecular flexibility index (Phi) is 3.59. The van der Waals surface area contributed by atoms with Gasteiger partial charge in [0.1, 0.15) is 17.4 Å². The lowest BCUT2D eigenvalue weighted by molar-refractivity contribution is 0.0857. The highest BCUT2D eigenvalue weighted by Crippen LogP contribution is 2.33. The Hall–Kier alpha value is -1.20. The second kappa shape index (κ2) is 4.98. The van der Waals surface area contributed by atoms with Crippen molar-refractivity contribution in [3.8, 4) is 5.75 Å². The Morgan fingerprint density at radius 1 is 1.41 bits per heavy atom.